The van der Waals surface area contributed by atoms with Crippen LogP contribution in [0.3, 0.4) is 0 Å². The number of aromatic nitrogens is 2. The third kappa shape index (κ3) is 2.47. The summed E-state index contributed by atoms with van der Waals surface area (Å²) in [6.45, 7) is 1.89. The lowest BCUT2D eigenvalue weighted by atomic mass is 10.1. The molecule has 2 heterocycles. The summed E-state index contributed by atoms with van der Waals surface area (Å²) in [5.41, 5.74) is 1.84. The maximum absolute atomic E-state index is 11.8. The molecule has 0 unspecified atom stereocenters. The minimum atomic E-state index is 0.105. The number of pyridine rings is 1. The van der Waals surface area contributed by atoms with Crippen LogP contribution < -0.4 is 0 Å². The summed E-state index contributed by atoms with van der Waals surface area (Å²) in [5.74, 6) is 0.105. The maximum atomic E-state index is 11.8. The third-order valence-electron chi connectivity index (χ3n) is 1.99. The summed E-state index contributed by atoms with van der Waals surface area (Å²) in [6.07, 6.45) is 3.81. The van der Waals surface area contributed by atoms with Crippen molar-refractivity contribution in [3.8, 4) is 0 Å². The fourth-order valence-electron chi connectivity index (χ4n) is 1.27. The summed E-state index contributed by atoms with van der Waals surface area (Å²) < 4.78 is 4.08. The summed E-state index contributed by atoms with van der Waals surface area (Å²) in [5, 5.41) is 0. The molecular weight excluding hydrogens is 208 g/mol. The Morgan fingerprint density at radius 1 is 1.53 bits per heavy atom. The maximum Gasteiger partial charge on any atom is 0.178 e. The molecule has 4 heteroatoms. The second-order valence-electron chi connectivity index (χ2n) is 3.29. The van der Waals surface area contributed by atoms with Crippen molar-refractivity contribution in [3.05, 3.63) is 46.7 Å². The fourth-order valence-corrected chi connectivity index (χ4v) is 1.96. The first-order valence-corrected chi connectivity index (χ1v) is 5.38. The Labute approximate surface area is 92.0 Å². The molecule has 0 aliphatic heterocycles. The number of hydrogen-bond acceptors (Lipinski definition) is 4. The van der Waals surface area contributed by atoms with Crippen LogP contribution in [-0.4, -0.2) is 15.1 Å². The lowest BCUT2D eigenvalue weighted by Crippen LogP contribution is -2.01. The molecular formula is C11H10N2OS. The van der Waals surface area contributed by atoms with Gasteiger partial charge in [0.2, 0.25) is 0 Å². The van der Waals surface area contributed by atoms with Gasteiger partial charge in [-0.2, -0.15) is 4.37 Å². The highest BCUT2D eigenvalue weighted by Gasteiger charge is 2.09. The summed E-state index contributed by atoms with van der Waals surface area (Å²) in [6, 6.07) is 5.56. The topological polar surface area (TPSA) is 42.9 Å². The first-order valence-electron chi connectivity index (χ1n) is 4.61. The SMILES string of the molecule is Cc1cc(C(=O)Cc2cccnc2)sn1. The van der Waals surface area contributed by atoms with E-state index in [1.165, 1.54) is 11.5 Å². The van der Waals surface area contributed by atoms with E-state index in [0.717, 1.165) is 16.1 Å². The lowest BCUT2D eigenvalue weighted by Gasteiger charge is -1.96. The van der Waals surface area contributed by atoms with Crippen LogP contribution in [0.25, 0.3) is 0 Å². The Morgan fingerprint density at radius 3 is 3.00 bits per heavy atom. The van der Waals surface area contributed by atoms with Gasteiger partial charge in [-0.1, -0.05) is 6.07 Å². The number of rotatable bonds is 3. The number of carbonyl (C=O) groups is 1. The van der Waals surface area contributed by atoms with Gasteiger partial charge in [0.25, 0.3) is 0 Å². The van der Waals surface area contributed by atoms with Gasteiger partial charge in [-0.3, -0.25) is 9.78 Å². The predicted molar refractivity (Wildman–Crippen MR) is 59.1 cm³/mol. The smallest absolute Gasteiger partial charge is 0.178 e. The van der Waals surface area contributed by atoms with Crippen LogP contribution in [0.4, 0.5) is 0 Å². The largest absolute Gasteiger partial charge is 0.293 e. The molecule has 0 N–H and O–H groups in total. The standard InChI is InChI=1S/C11H10N2OS/c1-8-5-11(15-13-8)10(14)6-9-3-2-4-12-7-9/h2-5,7H,6H2,1H3. The summed E-state index contributed by atoms with van der Waals surface area (Å²) in [4.78, 5) is 16.5. The van der Waals surface area contributed by atoms with Gasteiger partial charge in [-0.15, -0.1) is 0 Å². The molecule has 0 aliphatic carbocycles. The van der Waals surface area contributed by atoms with Crippen molar-refractivity contribution in [1.29, 1.82) is 0 Å². The molecule has 0 amide bonds. The molecule has 2 rings (SSSR count). The van der Waals surface area contributed by atoms with Crippen molar-refractivity contribution >= 4 is 17.3 Å². The lowest BCUT2D eigenvalue weighted by molar-refractivity contribution is 0.0996. The van der Waals surface area contributed by atoms with E-state index in [-0.39, 0.29) is 5.78 Å². The van der Waals surface area contributed by atoms with Crippen LogP contribution in [0.2, 0.25) is 0 Å². The van der Waals surface area contributed by atoms with Gasteiger partial charge in [0.1, 0.15) is 0 Å². The monoisotopic (exact) mass is 218 g/mol. The van der Waals surface area contributed by atoms with E-state index in [1.807, 2.05) is 25.1 Å². The molecule has 0 aromatic carbocycles. The van der Waals surface area contributed by atoms with Gasteiger partial charge >= 0.3 is 0 Å². The Hall–Kier alpha value is -1.55. The van der Waals surface area contributed by atoms with E-state index in [1.54, 1.807) is 12.4 Å². The Kier molecular flexibility index (Phi) is 2.87. The number of nitrogens with zero attached hydrogens (tertiary/aromatic N) is 2. The van der Waals surface area contributed by atoms with E-state index in [0.29, 0.717) is 6.42 Å². The Balaban J connectivity index is 2.11. The normalized spacial score (nSPS) is 10.2. The zero-order valence-corrected chi connectivity index (χ0v) is 9.12. The zero-order chi connectivity index (χ0) is 10.7. The molecule has 2 aromatic rings. The Bertz CT molecular complexity index is 464. The van der Waals surface area contributed by atoms with Crippen LogP contribution in [-0.2, 0) is 6.42 Å². The minimum Gasteiger partial charge on any atom is -0.293 e. The molecule has 0 radical (unpaired) electrons. The second-order valence-corrected chi connectivity index (χ2v) is 4.10. The number of aryl methyl sites for hydroxylation is 1. The molecule has 76 valence electrons. The quantitative estimate of drug-likeness (QED) is 0.742. The number of carbonyl (C=O) groups excluding carboxylic acids is 1. The van der Waals surface area contributed by atoms with Crippen molar-refractivity contribution < 1.29 is 4.79 Å². The van der Waals surface area contributed by atoms with Crippen LogP contribution in [0.5, 0.6) is 0 Å². The Morgan fingerprint density at radius 2 is 2.40 bits per heavy atom. The third-order valence-corrected chi connectivity index (χ3v) is 2.91. The first kappa shape index (κ1) is 9.98. The second kappa shape index (κ2) is 4.31. The molecule has 3 nitrogen and oxygen atoms in total. The highest BCUT2D eigenvalue weighted by Crippen LogP contribution is 2.12. The molecule has 15 heavy (non-hydrogen) atoms. The van der Waals surface area contributed by atoms with Gasteiger partial charge < -0.3 is 0 Å². The molecule has 0 spiro atoms. The van der Waals surface area contributed by atoms with Gasteiger partial charge in [-0.05, 0) is 36.2 Å². The van der Waals surface area contributed by atoms with Crippen molar-refractivity contribution in [2.24, 2.45) is 0 Å². The molecule has 2 aromatic heterocycles. The first-order chi connectivity index (χ1) is 7.25. The highest BCUT2D eigenvalue weighted by atomic mass is 32.1. The van der Waals surface area contributed by atoms with Crippen molar-refractivity contribution in [3.63, 3.8) is 0 Å². The van der Waals surface area contributed by atoms with Crippen molar-refractivity contribution in [2.75, 3.05) is 0 Å². The molecule has 0 atom stereocenters. The molecule has 0 bridgehead atoms. The van der Waals surface area contributed by atoms with E-state index >= 15 is 0 Å². The zero-order valence-electron chi connectivity index (χ0n) is 8.30. The summed E-state index contributed by atoms with van der Waals surface area (Å²) >= 11 is 1.26. The fraction of sp³-hybridized carbons (Fsp3) is 0.182. The number of ketones is 1. The molecule has 0 saturated carbocycles. The van der Waals surface area contributed by atoms with Gasteiger partial charge in [0.15, 0.2) is 5.78 Å². The predicted octanol–water partition coefficient (Wildman–Crippen LogP) is 2.27. The molecule has 0 fully saturated rings. The number of hydrogen-bond donors (Lipinski definition) is 0. The van der Waals surface area contributed by atoms with E-state index < -0.39 is 0 Å². The minimum absolute atomic E-state index is 0.105. The molecule has 0 saturated heterocycles. The van der Waals surface area contributed by atoms with Crippen molar-refractivity contribution in [1.82, 2.24) is 9.36 Å². The van der Waals surface area contributed by atoms with Crippen LogP contribution in [0, 0.1) is 6.92 Å². The average Bonchev–Trinajstić information content (AvgIpc) is 2.66. The van der Waals surface area contributed by atoms with E-state index in [4.69, 9.17) is 0 Å². The van der Waals surface area contributed by atoms with Crippen LogP contribution >= 0.6 is 11.5 Å². The average molecular weight is 218 g/mol. The van der Waals surface area contributed by atoms with Gasteiger partial charge in [-0.25, -0.2) is 0 Å². The number of Topliss-reactive ketones (excluding diaryl/α,β-unsaturated/α-hetero) is 1. The van der Waals surface area contributed by atoms with Crippen molar-refractivity contribution in [2.45, 2.75) is 13.3 Å². The van der Waals surface area contributed by atoms with Crippen LogP contribution in [0.1, 0.15) is 20.9 Å². The summed E-state index contributed by atoms with van der Waals surface area (Å²) in [7, 11) is 0. The molecule has 0 aliphatic rings. The van der Waals surface area contributed by atoms with Gasteiger partial charge in [0, 0.05) is 18.8 Å². The van der Waals surface area contributed by atoms with Gasteiger partial charge in [0.05, 0.1) is 10.6 Å². The van der Waals surface area contributed by atoms with Crippen LogP contribution in [0.15, 0.2) is 30.6 Å². The highest BCUT2D eigenvalue weighted by molar-refractivity contribution is 7.08. The van der Waals surface area contributed by atoms with E-state index in [9.17, 15) is 4.79 Å². The van der Waals surface area contributed by atoms with E-state index in [2.05, 4.69) is 9.36 Å².